The van der Waals surface area contributed by atoms with Gasteiger partial charge in [0.1, 0.15) is 11.5 Å². The third-order valence-electron chi connectivity index (χ3n) is 3.79. The van der Waals surface area contributed by atoms with Crippen LogP contribution in [0.4, 0.5) is 11.4 Å². The maximum atomic E-state index is 11.9. The summed E-state index contributed by atoms with van der Waals surface area (Å²) in [5, 5.41) is 4.02. The number of fused-ring (bicyclic) bond motifs is 1. The van der Waals surface area contributed by atoms with Gasteiger partial charge in [0, 0.05) is 11.6 Å². The van der Waals surface area contributed by atoms with E-state index in [0.29, 0.717) is 29.4 Å². The van der Waals surface area contributed by atoms with Gasteiger partial charge in [-0.05, 0) is 37.3 Å². The SMILES string of the molecule is CCOc1ccccc1Nc1c(C(N)=O)cnc2ccc(OC)cc12. The lowest BCUT2D eigenvalue weighted by atomic mass is 10.1. The fourth-order valence-corrected chi connectivity index (χ4v) is 2.61. The van der Waals surface area contributed by atoms with E-state index >= 15 is 0 Å². The third-order valence-corrected chi connectivity index (χ3v) is 3.79. The molecule has 0 atom stereocenters. The van der Waals surface area contributed by atoms with Crippen LogP contribution in [-0.4, -0.2) is 24.6 Å². The lowest BCUT2D eigenvalue weighted by Crippen LogP contribution is -2.14. The molecule has 3 rings (SSSR count). The predicted molar refractivity (Wildman–Crippen MR) is 97.7 cm³/mol. The molecule has 0 bridgehead atoms. The average Bonchev–Trinajstić information content (AvgIpc) is 2.63. The maximum Gasteiger partial charge on any atom is 0.252 e. The van der Waals surface area contributed by atoms with Crippen molar-refractivity contribution >= 4 is 28.2 Å². The highest BCUT2D eigenvalue weighted by molar-refractivity contribution is 6.07. The lowest BCUT2D eigenvalue weighted by molar-refractivity contribution is 0.100. The number of benzene rings is 2. The summed E-state index contributed by atoms with van der Waals surface area (Å²) in [5.41, 5.74) is 7.88. The smallest absolute Gasteiger partial charge is 0.252 e. The first-order chi connectivity index (χ1) is 12.1. The van der Waals surface area contributed by atoms with Crippen LogP contribution in [0.2, 0.25) is 0 Å². The Kier molecular flexibility index (Phi) is 4.70. The Morgan fingerprint density at radius 3 is 2.76 bits per heavy atom. The fourth-order valence-electron chi connectivity index (χ4n) is 2.61. The van der Waals surface area contributed by atoms with Crippen molar-refractivity contribution in [3.63, 3.8) is 0 Å². The molecule has 0 radical (unpaired) electrons. The third kappa shape index (κ3) is 3.33. The van der Waals surface area contributed by atoms with E-state index in [9.17, 15) is 4.79 Å². The van der Waals surface area contributed by atoms with Crippen molar-refractivity contribution in [1.82, 2.24) is 4.98 Å². The highest BCUT2D eigenvalue weighted by Crippen LogP contribution is 2.34. The molecule has 0 unspecified atom stereocenters. The minimum atomic E-state index is -0.561. The summed E-state index contributed by atoms with van der Waals surface area (Å²) in [6, 6.07) is 13.0. The zero-order chi connectivity index (χ0) is 17.8. The molecule has 0 aliphatic carbocycles. The van der Waals surface area contributed by atoms with E-state index in [0.717, 1.165) is 16.6 Å². The Hall–Kier alpha value is -3.28. The Bertz CT molecular complexity index is 925. The van der Waals surface area contributed by atoms with Gasteiger partial charge in [-0.25, -0.2) is 0 Å². The van der Waals surface area contributed by atoms with Crippen molar-refractivity contribution in [2.24, 2.45) is 5.73 Å². The molecule has 3 N–H and O–H groups in total. The number of carbonyl (C=O) groups is 1. The first-order valence-electron chi connectivity index (χ1n) is 7.89. The van der Waals surface area contributed by atoms with E-state index in [4.69, 9.17) is 15.2 Å². The summed E-state index contributed by atoms with van der Waals surface area (Å²) < 4.78 is 10.9. The molecule has 1 aromatic heterocycles. The van der Waals surface area contributed by atoms with E-state index in [-0.39, 0.29) is 0 Å². The maximum absolute atomic E-state index is 11.9. The van der Waals surface area contributed by atoms with Crippen LogP contribution in [-0.2, 0) is 0 Å². The van der Waals surface area contributed by atoms with Crippen LogP contribution in [0.25, 0.3) is 10.9 Å². The second-order valence-corrected chi connectivity index (χ2v) is 5.35. The standard InChI is InChI=1S/C19H19N3O3/c1-3-25-17-7-5-4-6-16(17)22-18-13-10-12(24-2)8-9-15(13)21-11-14(18)19(20)23/h4-11H,3H2,1-2H3,(H2,20,23)(H,21,22). The summed E-state index contributed by atoms with van der Waals surface area (Å²) in [7, 11) is 1.59. The molecule has 128 valence electrons. The quantitative estimate of drug-likeness (QED) is 0.719. The summed E-state index contributed by atoms with van der Waals surface area (Å²) >= 11 is 0. The van der Waals surface area contributed by atoms with Crippen LogP contribution in [0, 0.1) is 0 Å². The van der Waals surface area contributed by atoms with Crippen molar-refractivity contribution in [3.05, 3.63) is 54.2 Å². The zero-order valence-electron chi connectivity index (χ0n) is 14.1. The number of primary amides is 1. The number of para-hydroxylation sites is 2. The highest BCUT2D eigenvalue weighted by Gasteiger charge is 2.15. The molecular weight excluding hydrogens is 318 g/mol. The van der Waals surface area contributed by atoms with E-state index in [2.05, 4.69) is 10.3 Å². The average molecular weight is 337 g/mol. The topological polar surface area (TPSA) is 86.5 Å². The van der Waals surface area contributed by atoms with Gasteiger partial charge in [-0.3, -0.25) is 9.78 Å². The monoisotopic (exact) mass is 337 g/mol. The normalized spacial score (nSPS) is 10.5. The second kappa shape index (κ2) is 7.09. The summed E-state index contributed by atoms with van der Waals surface area (Å²) in [4.78, 5) is 16.2. The molecule has 0 aliphatic heterocycles. The van der Waals surface area contributed by atoms with Gasteiger partial charge < -0.3 is 20.5 Å². The Balaban J connectivity index is 2.19. The van der Waals surface area contributed by atoms with Gasteiger partial charge in [0.05, 0.1) is 36.2 Å². The number of pyridine rings is 1. The lowest BCUT2D eigenvalue weighted by Gasteiger charge is -2.16. The van der Waals surface area contributed by atoms with Crippen LogP contribution in [0.1, 0.15) is 17.3 Å². The van der Waals surface area contributed by atoms with Gasteiger partial charge in [-0.15, -0.1) is 0 Å². The Labute approximate surface area is 145 Å². The van der Waals surface area contributed by atoms with E-state index in [1.807, 2.05) is 49.4 Å². The number of ether oxygens (including phenoxy) is 2. The summed E-state index contributed by atoms with van der Waals surface area (Å²) in [6.07, 6.45) is 1.47. The van der Waals surface area contributed by atoms with E-state index in [1.165, 1.54) is 6.20 Å². The first kappa shape index (κ1) is 16.6. The van der Waals surface area contributed by atoms with Crippen LogP contribution in [0.15, 0.2) is 48.7 Å². The summed E-state index contributed by atoms with van der Waals surface area (Å²) in [5.74, 6) is 0.791. The molecule has 0 saturated heterocycles. The molecule has 25 heavy (non-hydrogen) atoms. The number of carbonyl (C=O) groups excluding carboxylic acids is 1. The van der Waals surface area contributed by atoms with Crippen LogP contribution in [0.5, 0.6) is 11.5 Å². The van der Waals surface area contributed by atoms with Gasteiger partial charge in [0.2, 0.25) is 0 Å². The number of nitrogens with two attached hydrogens (primary N) is 1. The summed E-state index contributed by atoms with van der Waals surface area (Å²) in [6.45, 7) is 2.45. The van der Waals surface area contributed by atoms with Crippen LogP contribution < -0.4 is 20.5 Å². The minimum absolute atomic E-state index is 0.298. The number of methoxy groups -OCH3 is 1. The number of aromatic nitrogens is 1. The number of hydrogen-bond acceptors (Lipinski definition) is 5. The minimum Gasteiger partial charge on any atom is -0.497 e. The van der Waals surface area contributed by atoms with Crippen LogP contribution in [0.3, 0.4) is 0 Å². The molecule has 0 spiro atoms. The largest absolute Gasteiger partial charge is 0.497 e. The molecule has 1 amide bonds. The molecule has 0 fully saturated rings. The Morgan fingerprint density at radius 2 is 2.04 bits per heavy atom. The number of hydrogen-bond donors (Lipinski definition) is 2. The van der Waals surface area contributed by atoms with Gasteiger partial charge in [0.15, 0.2) is 0 Å². The van der Waals surface area contributed by atoms with Gasteiger partial charge in [-0.1, -0.05) is 12.1 Å². The first-order valence-corrected chi connectivity index (χ1v) is 7.89. The van der Waals surface area contributed by atoms with E-state index < -0.39 is 5.91 Å². The van der Waals surface area contributed by atoms with Gasteiger partial charge in [0.25, 0.3) is 5.91 Å². The number of anilines is 2. The molecule has 0 aliphatic rings. The van der Waals surface area contributed by atoms with Crippen molar-refractivity contribution in [2.45, 2.75) is 6.92 Å². The fraction of sp³-hybridized carbons (Fsp3) is 0.158. The molecule has 2 aromatic carbocycles. The number of nitrogens with zero attached hydrogens (tertiary/aromatic N) is 1. The number of nitrogens with one attached hydrogen (secondary N) is 1. The molecule has 3 aromatic rings. The predicted octanol–water partition coefficient (Wildman–Crippen LogP) is 3.48. The molecule has 0 saturated carbocycles. The van der Waals surface area contributed by atoms with Crippen molar-refractivity contribution in [1.29, 1.82) is 0 Å². The molecular formula is C19H19N3O3. The Morgan fingerprint density at radius 1 is 1.24 bits per heavy atom. The highest BCUT2D eigenvalue weighted by atomic mass is 16.5. The van der Waals surface area contributed by atoms with E-state index in [1.54, 1.807) is 7.11 Å². The van der Waals surface area contributed by atoms with Crippen molar-refractivity contribution in [2.75, 3.05) is 19.0 Å². The number of rotatable bonds is 6. The van der Waals surface area contributed by atoms with Gasteiger partial charge >= 0.3 is 0 Å². The van der Waals surface area contributed by atoms with Gasteiger partial charge in [-0.2, -0.15) is 0 Å². The van der Waals surface area contributed by atoms with Crippen LogP contribution >= 0.6 is 0 Å². The second-order valence-electron chi connectivity index (χ2n) is 5.35. The molecule has 6 nitrogen and oxygen atoms in total. The number of amides is 1. The molecule has 1 heterocycles. The zero-order valence-corrected chi connectivity index (χ0v) is 14.1. The molecule has 6 heteroatoms. The van der Waals surface area contributed by atoms with Crippen molar-refractivity contribution in [3.8, 4) is 11.5 Å². The van der Waals surface area contributed by atoms with Crippen molar-refractivity contribution < 1.29 is 14.3 Å².